The van der Waals surface area contributed by atoms with Gasteiger partial charge in [-0.05, 0) is 104 Å². The Morgan fingerprint density at radius 3 is 2.21 bits per heavy atom. The maximum atomic E-state index is 12.1. The first-order valence-corrected chi connectivity index (χ1v) is 14.9. The van der Waals surface area contributed by atoms with E-state index in [9.17, 15) is 4.79 Å². The van der Waals surface area contributed by atoms with Crippen molar-refractivity contribution in [3.8, 4) is 0 Å². The first kappa shape index (κ1) is 34.3. The molecule has 0 amide bonds. The molecule has 0 unspecified atom stereocenters. The molecule has 0 radical (unpaired) electrons. The molecule has 5 nitrogen and oxygen atoms in total. The van der Waals surface area contributed by atoms with Crippen molar-refractivity contribution in [1.82, 2.24) is 0 Å². The number of aryl methyl sites for hydroxylation is 1. The van der Waals surface area contributed by atoms with E-state index in [2.05, 4.69) is 63.3 Å². The number of carbonyl (C=O) groups excluding carboxylic acids is 1. The van der Waals surface area contributed by atoms with Crippen LogP contribution >= 0.6 is 0 Å². The monoisotopic (exact) mass is 537 g/mol. The Balaban J connectivity index is 0.000000391. The predicted octanol–water partition coefficient (Wildman–Crippen LogP) is 8.34. The Morgan fingerprint density at radius 1 is 1.08 bits per heavy atom. The molecule has 2 rings (SSSR count). The SMILES string of the molecule is C=C(OCC)C1=C(C(CN=C(C)N)=NC)CCCC1.CCCCc1cc(C(=O)CC)cc(C(C)(C)C)c1CC. The number of aliphatic imine (C=N–C) groups is 2. The molecule has 0 fully saturated rings. The Labute approximate surface area is 239 Å². The van der Waals surface area contributed by atoms with E-state index in [1.165, 1.54) is 53.5 Å². The Morgan fingerprint density at radius 2 is 1.72 bits per heavy atom. The fourth-order valence-electron chi connectivity index (χ4n) is 5.07. The van der Waals surface area contributed by atoms with Gasteiger partial charge in [0, 0.05) is 19.0 Å². The zero-order valence-electron chi connectivity index (χ0n) is 26.4. The van der Waals surface area contributed by atoms with Crippen LogP contribution in [0.25, 0.3) is 0 Å². The van der Waals surface area contributed by atoms with E-state index in [4.69, 9.17) is 10.5 Å². The fourth-order valence-corrected chi connectivity index (χ4v) is 5.07. The zero-order valence-corrected chi connectivity index (χ0v) is 26.4. The lowest BCUT2D eigenvalue weighted by molar-refractivity contribution is 0.0988. The summed E-state index contributed by atoms with van der Waals surface area (Å²) in [4.78, 5) is 20.8. The number of nitrogens with two attached hydrogens (primary N) is 1. The summed E-state index contributed by atoms with van der Waals surface area (Å²) >= 11 is 0. The lowest BCUT2D eigenvalue weighted by atomic mass is 9.79. The van der Waals surface area contributed by atoms with Gasteiger partial charge in [-0.15, -0.1) is 0 Å². The summed E-state index contributed by atoms with van der Waals surface area (Å²) in [7, 11) is 1.80. The van der Waals surface area contributed by atoms with Crippen LogP contribution in [0.1, 0.15) is 127 Å². The number of ketones is 1. The molecule has 2 N–H and O–H groups in total. The number of unbranched alkanes of at least 4 members (excludes halogenated alkanes) is 1. The van der Waals surface area contributed by atoms with Crippen molar-refractivity contribution in [3.05, 3.63) is 57.9 Å². The third-order valence-corrected chi connectivity index (χ3v) is 7.17. The number of carbonyl (C=O) groups is 1. The molecular weight excluding hydrogens is 482 g/mol. The van der Waals surface area contributed by atoms with E-state index in [0.717, 1.165) is 42.7 Å². The Bertz CT molecular complexity index is 1050. The van der Waals surface area contributed by atoms with Crippen LogP contribution in [0.15, 0.2) is 45.6 Å². The summed E-state index contributed by atoms with van der Waals surface area (Å²) in [6.45, 7) is 22.1. The molecule has 0 spiro atoms. The molecule has 1 aromatic carbocycles. The van der Waals surface area contributed by atoms with Crippen molar-refractivity contribution >= 4 is 17.3 Å². The van der Waals surface area contributed by atoms with Gasteiger partial charge in [0.25, 0.3) is 0 Å². The molecule has 39 heavy (non-hydrogen) atoms. The minimum atomic E-state index is 0.0936. The molecule has 0 aliphatic heterocycles. The second kappa shape index (κ2) is 17.1. The molecule has 1 aromatic rings. The first-order valence-electron chi connectivity index (χ1n) is 14.9. The lowest BCUT2D eigenvalue weighted by Gasteiger charge is -2.26. The standard InChI is InChI=1S/C19H30O.C15H25N3O/c1-7-10-11-14-12-15(18(20)9-3)13-17(16(14)8-2)19(4,5)6;1-5-19-11(2)13-8-6-7-9-14(13)15(17-4)10-18-12(3)16/h12-13H,7-11H2,1-6H3;2,5-10H2,1,3-4H3,(H2,16,18). The van der Waals surface area contributed by atoms with E-state index < -0.39 is 0 Å². The highest BCUT2D eigenvalue weighted by Crippen LogP contribution is 2.32. The van der Waals surface area contributed by atoms with Crippen molar-refractivity contribution in [2.45, 2.75) is 119 Å². The van der Waals surface area contributed by atoms with Crippen molar-refractivity contribution in [2.75, 3.05) is 20.2 Å². The van der Waals surface area contributed by atoms with Crippen molar-refractivity contribution in [1.29, 1.82) is 0 Å². The highest BCUT2D eigenvalue weighted by molar-refractivity contribution is 6.03. The predicted molar refractivity (Wildman–Crippen MR) is 170 cm³/mol. The average Bonchev–Trinajstić information content (AvgIpc) is 2.91. The summed E-state index contributed by atoms with van der Waals surface area (Å²) in [6, 6.07) is 4.29. The quantitative estimate of drug-likeness (QED) is 0.126. The number of amidine groups is 1. The molecule has 0 bridgehead atoms. The van der Waals surface area contributed by atoms with Crippen LogP contribution in [-0.4, -0.2) is 37.5 Å². The molecule has 0 saturated carbocycles. The van der Waals surface area contributed by atoms with Gasteiger partial charge in [0.05, 0.1) is 24.7 Å². The number of nitrogens with zero attached hydrogens (tertiary/aromatic N) is 2. The maximum Gasteiger partial charge on any atom is 0.162 e. The summed E-state index contributed by atoms with van der Waals surface area (Å²) in [5.74, 6) is 1.63. The molecule has 218 valence electrons. The van der Waals surface area contributed by atoms with Crippen LogP contribution in [-0.2, 0) is 23.0 Å². The molecule has 1 aliphatic rings. The van der Waals surface area contributed by atoms with Crippen molar-refractivity contribution in [2.24, 2.45) is 15.7 Å². The number of allylic oxidation sites excluding steroid dienone is 1. The topological polar surface area (TPSA) is 77.0 Å². The summed E-state index contributed by atoms with van der Waals surface area (Å²) in [5.41, 5.74) is 14.3. The molecule has 0 atom stereocenters. The van der Waals surface area contributed by atoms with Crippen LogP contribution in [0, 0.1) is 0 Å². The third kappa shape index (κ3) is 10.8. The number of hydrogen-bond acceptors (Lipinski definition) is 4. The van der Waals surface area contributed by atoms with Gasteiger partial charge in [-0.25, -0.2) is 0 Å². The number of rotatable bonds is 12. The van der Waals surface area contributed by atoms with Crippen LogP contribution < -0.4 is 5.73 Å². The van der Waals surface area contributed by atoms with E-state index in [0.29, 0.717) is 25.4 Å². The summed E-state index contributed by atoms with van der Waals surface area (Å²) < 4.78 is 5.56. The van der Waals surface area contributed by atoms with E-state index >= 15 is 0 Å². The van der Waals surface area contributed by atoms with Gasteiger partial charge in [-0.2, -0.15) is 0 Å². The summed E-state index contributed by atoms with van der Waals surface area (Å²) in [5, 5.41) is 0. The van der Waals surface area contributed by atoms with Gasteiger partial charge in [0.15, 0.2) is 5.78 Å². The first-order chi connectivity index (χ1) is 18.4. The van der Waals surface area contributed by atoms with E-state index in [1.807, 2.05) is 13.8 Å². The maximum absolute atomic E-state index is 12.1. The van der Waals surface area contributed by atoms with E-state index in [1.54, 1.807) is 14.0 Å². The molecule has 0 saturated heterocycles. The number of hydrogen-bond donors (Lipinski definition) is 1. The van der Waals surface area contributed by atoms with Gasteiger partial charge < -0.3 is 10.5 Å². The molecule has 5 heteroatoms. The number of Topliss-reactive ketones (excluding diaryl/α,β-unsaturated/α-hetero) is 1. The summed E-state index contributed by atoms with van der Waals surface area (Å²) in [6.07, 6.45) is 9.51. The molecular formula is C34H55N3O2. The smallest absolute Gasteiger partial charge is 0.162 e. The minimum Gasteiger partial charge on any atom is -0.494 e. The van der Waals surface area contributed by atoms with Gasteiger partial charge >= 0.3 is 0 Å². The van der Waals surface area contributed by atoms with Gasteiger partial charge in [-0.1, -0.05) is 54.5 Å². The number of benzene rings is 1. The third-order valence-electron chi connectivity index (χ3n) is 7.17. The van der Waals surface area contributed by atoms with Crippen molar-refractivity contribution < 1.29 is 9.53 Å². The Kier molecular flexibility index (Phi) is 15.1. The molecule has 0 heterocycles. The van der Waals surface area contributed by atoms with Gasteiger partial charge in [-0.3, -0.25) is 14.8 Å². The van der Waals surface area contributed by atoms with Gasteiger partial charge in [0.1, 0.15) is 5.76 Å². The second-order valence-corrected chi connectivity index (χ2v) is 11.3. The van der Waals surface area contributed by atoms with Gasteiger partial charge in [0.2, 0.25) is 0 Å². The molecule has 0 aromatic heterocycles. The van der Waals surface area contributed by atoms with Crippen LogP contribution in [0.4, 0.5) is 0 Å². The van der Waals surface area contributed by atoms with Crippen LogP contribution in [0.5, 0.6) is 0 Å². The second-order valence-electron chi connectivity index (χ2n) is 11.3. The van der Waals surface area contributed by atoms with E-state index in [-0.39, 0.29) is 11.2 Å². The van der Waals surface area contributed by atoms with Crippen LogP contribution in [0.3, 0.4) is 0 Å². The fraction of sp³-hybridized carbons (Fsp3) is 0.618. The minimum absolute atomic E-state index is 0.0936. The number of ether oxygens (including phenoxy) is 1. The normalized spacial score (nSPS) is 14.6. The highest BCUT2D eigenvalue weighted by atomic mass is 16.5. The van der Waals surface area contributed by atoms with Crippen LogP contribution in [0.2, 0.25) is 0 Å². The zero-order chi connectivity index (χ0) is 29.6. The largest absolute Gasteiger partial charge is 0.494 e. The molecule has 1 aliphatic carbocycles. The van der Waals surface area contributed by atoms with Crippen molar-refractivity contribution in [3.63, 3.8) is 0 Å². The Hall–Kier alpha value is -2.69. The lowest BCUT2D eigenvalue weighted by Crippen LogP contribution is -2.17. The highest BCUT2D eigenvalue weighted by Gasteiger charge is 2.22. The average molecular weight is 538 g/mol.